The molecule has 5 rings (SSSR count). The Morgan fingerprint density at radius 2 is 1.91 bits per heavy atom. The number of aryl methyl sites for hydroxylation is 2. The Morgan fingerprint density at radius 3 is 2.76 bits per heavy atom. The Labute approximate surface area is 198 Å². The van der Waals surface area contributed by atoms with Gasteiger partial charge in [-0.1, -0.05) is 24.3 Å². The highest BCUT2D eigenvalue weighted by molar-refractivity contribution is 5.95. The predicted molar refractivity (Wildman–Crippen MR) is 128 cm³/mol. The van der Waals surface area contributed by atoms with Gasteiger partial charge in [0.1, 0.15) is 0 Å². The lowest BCUT2D eigenvalue weighted by Crippen LogP contribution is -2.26. The largest absolute Gasteiger partial charge is 0.378 e. The summed E-state index contributed by atoms with van der Waals surface area (Å²) < 4.78 is 7.00. The third kappa shape index (κ3) is 4.45. The van der Waals surface area contributed by atoms with Crippen molar-refractivity contribution >= 4 is 5.91 Å². The van der Waals surface area contributed by atoms with Gasteiger partial charge in [-0.05, 0) is 54.5 Å². The van der Waals surface area contributed by atoms with Crippen molar-refractivity contribution in [2.45, 2.75) is 32.3 Å². The topological polar surface area (TPSA) is 94.8 Å². The number of methoxy groups -OCH3 is 1. The van der Waals surface area contributed by atoms with E-state index >= 15 is 0 Å². The van der Waals surface area contributed by atoms with E-state index in [1.54, 1.807) is 30.4 Å². The molecule has 4 aromatic rings. The van der Waals surface area contributed by atoms with E-state index in [-0.39, 0.29) is 12.5 Å². The van der Waals surface area contributed by atoms with Crippen LogP contribution in [0.2, 0.25) is 0 Å². The van der Waals surface area contributed by atoms with Gasteiger partial charge >= 0.3 is 0 Å². The second-order valence-electron chi connectivity index (χ2n) is 8.27. The molecule has 8 heteroatoms. The molecule has 0 unspecified atom stereocenters. The molecule has 34 heavy (non-hydrogen) atoms. The van der Waals surface area contributed by atoms with Crippen LogP contribution in [-0.4, -0.2) is 44.3 Å². The average molecular weight is 455 g/mol. The van der Waals surface area contributed by atoms with E-state index in [4.69, 9.17) is 9.72 Å². The number of hydrogen-bond donors (Lipinski definition) is 1. The van der Waals surface area contributed by atoms with Crippen molar-refractivity contribution in [3.63, 3.8) is 0 Å². The van der Waals surface area contributed by atoms with Crippen LogP contribution >= 0.6 is 0 Å². The summed E-state index contributed by atoms with van der Waals surface area (Å²) >= 11 is 0. The second kappa shape index (κ2) is 9.93. The predicted octanol–water partition coefficient (Wildman–Crippen LogP) is 3.33. The maximum Gasteiger partial charge on any atom is 0.254 e. The SMILES string of the molecule is COCc1c(C(=O)NCCc2ccncc2)cnn1-c1ncc2c(n1)-c1ccccc1CCC2. The number of nitrogens with zero attached hydrogens (tertiary/aromatic N) is 5. The second-order valence-corrected chi connectivity index (χ2v) is 8.27. The maximum absolute atomic E-state index is 12.9. The van der Waals surface area contributed by atoms with Crippen molar-refractivity contribution in [3.8, 4) is 17.2 Å². The molecule has 1 amide bonds. The fourth-order valence-corrected chi connectivity index (χ4v) is 4.33. The third-order valence-electron chi connectivity index (χ3n) is 6.05. The van der Waals surface area contributed by atoms with Gasteiger partial charge in [-0.25, -0.2) is 9.97 Å². The number of amides is 1. The standard InChI is InChI=1S/C26H26N6O2/c1-34-17-23-22(25(33)28-14-11-18-9-12-27-13-10-18)16-30-32(23)26-29-15-20-7-4-6-19-5-2-3-8-21(19)24(20)31-26/h2-3,5,8-10,12-13,15-16H,4,6-7,11,14,17H2,1H3,(H,28,33). The van der Waals surface area contributed by atoms with Crippen LogP contribution in [0.4, 0.5) is 0 Å². The smallest absolute Gasteiger partial charge is 0.254 e. The van der Waals surface area contributed by atoms with Crippen molar-refractivity contribution in [2.24, 2.45) is 0 Å². The number of hydrogen-bond acceptors (Lipinski definition) is 6. The number of carbonyl (C=O) groups excluding carboxylic acids is 1. The first-order chi connectivity index (χ1) is 16.7. The summed E-state index contributed by atoms with van der Waals surface area (Å²) in [5.41, 5.74) is 6.66. The summed E-state index contributed by atoms with van der Waals surface area (Å²) in [6, 6.07) is 12.2. The zero-order chi connectivity index (χ0) is 23.3. The third-order valence-corrected chi connectivity index (χ3v) is 6.05. The first kappa shape index (κ1) is 21.9. The average Bonchev–Trinajstić information content (AvgIpc) is 3.20. The van der Waals surface area contributed by atoms with Crippen molar-refractivity contribution < 1.29 is 9.53 Å². The van der Waals surface area contributed by atoms with Gasteiger partial charge < -0.3 is 10.1 Å². The van der Waals surface area contributed by atoms with Crippen LogP contribution in [0.3, 0.4) is 0 Å². The monoisotopic (exact) mass is 454 g/mol. The highest BCUT2D eigenvalue weighted by Gasteiger charge is 2.22. The van der Waals surface area contributed by atoms with Crippen LogP contribution in [0.25, 0.3) is 17.2 Å². The molecule has 8 nitrogen and oxygen atoms in total. The van der Waals surface area contributed by atoms with Crippen LogP contribution in [-0.2, 0) is 30.6 Å². The van der Waals surface area contributed by atoms with E-state index in [1.165, 1.54) is 5.56 Å². The Morgan fingerprint density at radius 1 is 1.09 bits per heavy atom. The Hall–Kier alpha value is -3.91. The first-order valence-corrected chi connectivity index (χ1v) is 11.4. The number of nitrogens with one attached hydrogen (secondary N) is 1. The molecular weight excluding hydrogens is 428 g/mol. The summed E-state index contributed by atoms with van der Waals surface area (Å²) in [6.07, 6.45) is 10.7. The van der Waals surface area contributed by atoms with Gasteiger partial charge in [-0.15, -0.1) is 0 Å². The van der Waals surface area contributed by atoms with Gasteiger partial charge in [-0.2, -0.15) is 9.78 Å². The molecule has 3 aromatic heterocycles. The number of carbonyl (C=O) groups is 1. The van der Waals surface area contributed by atoms with Crippen LogP contribution in [0.15, 0.2) is 61.2 Å². The number of pyridine rings is 1. The van der Waals surface area contributed by atoms with E-state index in [2.05, 4.69) is 38.6 Å². The Balaban J connectivity index is 1.43. The van der Waals surface area contributed by atoms with Crippen molar-refractivity contribution in [2.75, 3.05) is 13.7 Å². The van der Waals surface area contributed by atoms with Gasteiger partial charge in [0.05, 0.1) is 29.8 Å². The minimum atomic E-state index is -0.201. The molecule has 0 saturated carbocycles. The highest BCUT2D eigenvalue weighted by atomic mass is 16.5. The molecule has 172 valence electrons. The van der Waals surface area contributed by atoms with Crippen molar-refractivity contribution in [1.82, 2.24) is 30.0 Å². The molecule has 0 bridgehead atoms. The first-order valence-electron chi connectivity index (χ1n) is 11.4. The van der Waals surface area contributed by atoms with Crippen LogP contribution in [0.1, 0.15) is 39.2 Å². The molecular formula is C26H26N6O2. The molecule has 3 heterocycles. The normalized spacial score (nSPS) is 12.5. The fraction of sp³-hybridized carbons (Fsp3) is 0.269. The molecule has 0 saturated heterocycles. The van der Waals surface area contributed by atoms with Crippen molar-refractivity contribution in [1.29, 1.82) is 0 Å². The quantitative estimate of drug-likeness (QED) is 0.460. The number of fused-ring (bicyclic) bond motifs is 3. The van der Waals surface area contributed by atoms with Gasteiger partial charge in [-0.3, -0.25) is 9.78 Å². The Bertz CT molecular complexity index is 1300. The molecule has 1 aliphatic rings. The van der Waals surface area contributed by atoms with E-state index in [1.807, 2.05) is 24.4 Å². The van der Waals surface area contributed by atoms with Crippen LogP contribution < -0.4 is 5.32 Å². The summed E-state index contributed by atoms with van der Waals surface area (Å²) in [7, 11) is 1.59. The zero-order valence-corrected chi connectivity index (χ0v) is 19.1. The van der Waals surface area contributed by atoms with E-state index in [9.17, 15) is 4.79 Å². The molecule has 1 aliphatic carbocycles. The molecule has 1 aromatic carbocycles. The van der Waals surface area contributed by atoms with E-state index < -0.39 is 0 Å². The molecule has 0 spiro atoms. The lowest BCUT2D eigenvalue weighted by atomic mass is 10.0. The molecule has 0 fully saturated rings. The molecule has 0 aliphatic heterocycles. The number of rotatable bonds is 7. The molecule has 0 radical (unpaired) electrons. The summed E-state index contributed by atoms with van der Waals surface area (Å²) in [5.74, 6) is 0.228. The number of aromatic nitrogens is 5. The number of ether oxygens (including phenoxy) is 1. The van der Waals surface area contributed by atoms with E-state index in [0.29, 0.717) is 23.8 Å². The zero-order valence-electron chi connectivity index (χ0n) is 19.1. The van der Waals surface area contributed by atoms with Gasteiger partial charge in [0.25, 0.3) is 11.9 Å². The molecule has 0 atom stereocenters. The summed E-state index contributed by atoms with van der Waals surface area (Å²) in [5, 5.41) is 7.44. The minimum Gasteiger partial charge on any atom is -0.378 e. The number of benzene rings is 1. The van der Waals surface area contributed by atoms with Gasteiger partial charge in [0.2, 0.25) is 0 Å². The molecule has 1 N–H and O–H groups in total. The highest BCUT2D eigenvalue weighted by Crippen LogP contribution is 2.31. The fourth-order valence-electron chi connectivity index (χ4n) is 4.33. The summed E-state index contributed by atoms with van der Waals surface area (Å²) in [6.45, 7) is 0.719. The lowest BCUT2D eigenvalue weighted by Gasteiger charge is -2.12. The van der Waals surface area contributed by atoms with Crippen LogP contribution in [0, 0.1) is 0 Å². The maximum atomic E-state index is 12.9. The van der Waals surface area contributed by atoms with Crippen LogP contribution in [0.5, 0.6) is 0 Å². The van der Waals surface area contributed by atoms with E-state index in [0.717, 1.165) is 48.1 Å². The lowest BCUT2D eigenvalue weighted by molar-refractivity contribution is 0.0948. The Kier molecular flexibility index (Phi) is 6.40. The van der Waals surface area contributed by atoms with Gasteiger partial charge in [0, 0.05) is 37.8 Å². The minimum absolute atomic E-state index is 0.201. The summed E-state index contributed by atoms with van der Waals surface area (Å²) in [4.78, 5) is 26.5. The van der Waals surface area contributed by atoms with Gasteiger partial charge in [0.15, 0.2) is 0 Å². The van der Waals surface area contributed by atoms with Crippen molar-refractivity contribution in [3.05, 3.63) is 89.1 Å².